The molecule has 2 saturated carbocycles. The van der Waals surface area contributed by atoms with Gasteiger partial charge in [-0.2, -0.15) is 0 Å². The summed E-state index contributed by atoms with van der Waals surface area (Å²) in [5.74, 6) is -0.933. The molecule has 0 bridgehead atoms. The largest absolute Gasteiger partial charge is 0.481 e. The van der Waals surface area contributed by atoms with Gasteiger partial charge in [-0.05, 0) is 134 Å². The Kier molecular flexibility index (Phi) is 13.9. The molecule has 2 aromatic heterocycles. The predicted molar refractivity (Wildman–Crippen MR) is 236 cm³/mol. The van der Waals surface area contributed by atoms with Crippen molar-refractivity contribution in [3.8, 4) is 22.5 Å². The number of imidazole rings is 2. The van der Waals surface area contributed by atoms with Gasteiger partial charge in [-0.25, -0.2) is 18.7 Å². The fraction of sp³-hybridized carbons (Fsp3) is 0.583. The normalized spacial score (nSPS) is 27.6. The van der Waals surface area contributed by atoms with Crippen LogP contribution in [0.4, 0.5) is 8.78 Å². The molecule has 61 heavy (non-hydrogen) atoms. The highest BCUT2D eigenvalue weighted by Gasteiger charge is 2.42. The molecule has 4 aromatic rings. The molecule has 0 spiro atoms. The van der Waals surface area contributed by atoms with E-state index in [1.165, 1.54) is 38.8 Å². The average Bonchev–Trinajstić information content (AvgIpc) is 4.08. The van der Waals surface area contributed by atoms with Crippen LogP contribution in [0.15, 0.2) is 61.4 Å². The molecule has 2 N–H and O–H groups in total. The number of carbonyl (C=O) groups is 2. The van der Waals surface area contributed by atoms with E-state index in [-0.39, 0.29) is 23.9 Å². The third kappa shape index (κ3) is 9.74. The zero-order valence-corrected chi connectivity index (χ0v) is 36.7. The van der Waals surface area contributed by atoms with Crippen molar-refractivity contribution < 1.29 is 23.5 Å². The fourth-order valence-electron chi connectivity index (χ4n) is 10.8. The van der Waals surface area contributed by atoms with Gasteiger partial charge in [0, 0.05) is 51.3 Å². The van der Waals surface area contributed by atoms with Gasteiger partial charge in [0.25, 0.3) is 0 Å². The molecule has 4 aliphatic heterocycles. The molecule has 4 fully saturated rings. The maximum absolute atomic E-state index is 15.7. The van der Waals surface area contributed by atoms with Crippen LogP contribution in [0.25, 0.3) is 22.5 Å². The number of nitrogens with zero attached hydrogens (tertiary/aromatic N) is 5. The lowest BCUT2D eigenvalue weighted by atomic mass is 9.76. The Labute approximate surface area is 368 Å². The number of aromatic nitrogens is 4. The van der Waals surface area contributed by atoms with Crippen molar-refractivity contribution in [3.05, 3.63) is 82.6 Å². The van der Waals surface area contributed by atoms with Crippen LogP contribution in [-0.2, 0) is 9.59 Å². The molecule has 10 rings (SSSR count). The van der Waals surface area contributed by atoms with E-state index in [9.17, 15) is 9.59 Å². The van der Waals surface area contributed by atoms with Gasteiger partial charge >= 0.3 is 5.97 Å². The number of benzene rings is 2. The summed E-state index contributed by atoms with van der Waals surface area (Å²) in [5, 5.41) is 13.8. The highest BCUT2D eigenvalue weighted by atomic mass is 35.5. The Morgan fingerprint density at radius 2 is 1.15 bits per heavy atom. The lowest BCUT2D eigenvalue weighted by Gasteiger charge is -2.37. The van der Waals surface area contributed by atoms with Gasteiger partial charge < -0.3 is 24.5 Å². The summed E-state index contributed by atoms with van der Waals surface area (Å²) in [4.78, 5) is 34.4. The van der Waals surface area contributed by atoms with Crippen molar-refractivity contribution in [2.45, 2.75) is 139 Å². The van der Waals surface area contributed by atoms with Crippen LogP contribution in [0.2, 0.25) is 10.0 Å². The second-order valence-electron chi connectivity index (χ2n) is 18.3. The molecule has 6 heterocycles. The monoisotopic (exact) mass is 876 g/mol. The molecule has 2 aliphatic carbocycles. The Morgan fingerprint density at radius 1 is 0.689 bits per heavy atom. The van der Waals surface area contributed by atoms with E-state index < -0.39 is 23.2 Å². The molecular formula is C48H60Cl2F2N6O3. The highest BCUT2D eigenvalue weighted by Crippen LogP contribution is 2.49. The summed E-state index contributed by atoms with van der Waals surface area (Å²) >= 11 is 13.0. The van der Waals surface area contributed by atoms with Crippen molar-refractivity contribution in [2.75, 3.05) is 26.2 Å². The highest BCUT2D eigenvalue weighted by molar-refractivity contribution is 6.32. The number of hydrogen-bond acceptors (Lipinski definition) is 5. The van der Waals surface area contributed by atoms with Gasteiger partial charge in [-0.3, -0.25) is 9.59 Å². The Balaban J connectivity index is 0.000000150. The molecular weight excluding hydrogens is 817 g/mol. The van der Waals surface area contributed by atoms with Gasteiger partial charge in [0.05, 0.1) is 54.4 Å². The maximum Gasteiger partial charge on any atom is 0.306 e. The van der Waals surface area contributed by atoms with Gasteiger partial charge in [-0.15, -0.1) is 0 Å². The number of rotatable bonds is 8. The Morgan fingerprint density at radius 3 is 1.57 bits per heavy atom. The van der Waals surface area contributed by atoms with Crippen LogP contribution >= 0.6 is 23.2 Å². The molecule has 9 nitrogen and oxygen atoms in total. The van der Waals surface area contributed by atoms with E-state index in [0.29, 0.717) is 82.1 Å². The van der Waals surface area contributed by atoms with Crippen molar-refractivity contribution in [2.24, 2.45) is 11.8 Å². The number of carboxylic acids is 1. The quantitative estimate of drug-likeness (QED) is 0.183. The lowest BCUT2D eigenvalue weighted by molar-refractivity contribution is -0.144. The number of alkyl halides is 2. The maximum atomic E-state index is 15.7. The second-order valence-corrected chi connectivity index (χ2v) is 19.1. The van der Waals surface area contributed by atoms with E-state index in [1.807, 2.05) is 54.0 Å². The number of piperidine rings is 2. The molecule has 2 atom stereocenters. The third-order valence-corrected chi connectivity index (χ3v) is 15.1. The molecule has 2 aromatic carbocycles. The first-order valence-corrected chi connectivity index (χ1v) is 23.5. The summed E-state index contributed by atoms with van der Waals surface area (Å²) in [6, 6.07) is 11.8. The van der Waals surface area contributed by atoms with Gasteiger partial charge in [-0.1, -0.05) is 53.9 Å². The summed E-state index contributed by atoms with van der Waals surface area (Å²) in [6.07, 6.45) is 20.9. The van der Waals surface area contributed by atoms with Gasteiger partial charge in [0.1, 0.15) is 11.3 Å². The number of nitrogens with one attached hydrogen (secondary N) is 1. The number of aliphatic carboxylic acids is 1. The van der Waals surface area contributed by atoms with Crippen LogP contribution in [0.1, 0.15) is 139 Å². The molecule has 13 heteroatoms. The summed E-state index contributed by atoms with van der Waals surface area (Å²) in [5.41, 5.74) is 3.91. The zero-order valence-electron chi connectivity index (χ0n) is 35.2. The van der Waals surface area contributed by atoms with E-state index in [2.05, 4.69) is 30.5 Å². The van der Waals surface area contributed by atoms with Crippen molar-refractivity contribution in [1.82, 2.24) is 29.3 Å². The number of carbonyl (C=O) groups excluding carboxylic acids is 1. The summed E-state index contributed by atoms with van der Waals surface area (Å²) in [7, 11) is 0. The van der Waals surface area contributed by atoms with Crippen LogP contribution in [0.3, 0.4) is 0 Å². The van der Waals surface area contributed by atoms with Crippen LogP contribution in [-0.4, -0.2) is 78.5 Å². The molecule has 2 saturated heterocycles. The molecule has 6 aliphatic rings. The molecule has 0 radical (unpaired) electrons. The number of halogens is 4. The van der Waals surface area contributed by atoms with E-state index in [1.54, 1.807) is 6.33 Å². The van der Waals surface area contributed by atoms with E-state index in [0.717, 1.165) is 64.6 Å². The van der Waals surface area contributed by atoms with Crippen molar-refractivity contribution in [1.29, 1.82) is 0 Å². The fourth-order valence-corrected chi connectivity index (χ4v) is 11.4. The number of amides is 1. The first-order valence-electron chi connectivity index (χ1n) is 22.8. The zero-order chi connectivity index (χ0) is 42.6. The molecule has 1 amide bonds. The number of likely N-dealkylation sites (tertiary alicyclic amines) is 1. The first-order chi connectivity index (χ1) is 29.5. The van der Waals surface area contributed by atoms with Crippen LogP contribution in [0.5, 0.6) is 0 Å². The van der Waals surface area contributed by atoms with Crippen LogP contribution < -0.4 is 5.32 Å². The van der Waals surface area contributed by atoms with Crippen molar-refractivity contribution in [3.63, 3.8) is 0 Å². The minimum atomic E-state index is -1.28. The smallest absolute Gasteiger partial charge is 0.306 e. The minimum Gasteiger partial charge on any atom is -0.481 e. The standard InChI is InChI=1S/C24H29ClFN3O.C19H20ClFN2O2.C5H11N/c25-19-6-4-5-18-21-15-27-16-29(21)20(22(18)19)9-12-24(26)10-7-17(8-11-24)23(30)28-13-2-1-3-14-28;20-14-3-1-2-13-16-10-22-11-23(16)15(17(13)14)6-9-19(21)7-4-12(5-8-19)18(24)25;1-2-4-6-5-3-1/h4-6,15-17,20H,1-3,7-14H2;1-3,10-12,15H,4-9H2,(H,24,25);6H,1-5H2/t17?,20-,24?;;/m0../s1. The molecule has 328 valence electrons. The number of hydrogen-bond donors (Lipinski definition) is 2. The minimum absolute atomic E-state index is 0.00822. The van der Waals surface area contributed by atoms with E-state index in [4.69, 9.17) is 28.3 Å². The summed E-state index contributed by atoms with van der Waals surface area (Å²) in [6.45, 7) is 4.26. The van der Waals surface area contributed by atoms with E-state index >= 15 is 8.78 Å². The SMILES string of the molecule is C1CCNCC1.O=C(C1CCC(F)(CC[C@H]2c3c(Cl)cccc3-c3cncn32)CC1)N1CCCCC1.O=C(O)C1CCC(F)(CCC2c3c(Cl)cccc3-c3cncn32)CC1. The van der Waals surface area contributed by atoms with Crippen LogP contribution in [0, 0.1) is 11.8 Å². The van der Waals surface area contributed by atoms with Gasteiger partial charge in [0.15, 0.2) is 0 Å². The van der Waals surface area contributed by atoms with Crippen molar-refractivity contribution >= 4 is 35.1 Å². The number of fused-ring (bicyclic) bond motifs is 6. The second kappa shape index (κ2) is 19.3. The number of carboxylic acid groups (broad SMARTS) is 1. The third-order valence-electron chi connectivity index (χ3n) is 14.4. The van der Waals surface area contributed by atoms with Gasteiger partial charge in [0.2, 0.25) is 5.91 Å². The average molecular weight is 878 g/mol. The molecule has 1 unspecified atom stereocenters. The first kappa shape index (κ1) is 43.8. The Bertz CT molecular complexity index is 2120. The predicted octanol–water partition coefficient (Wildman–Crippen LogP) is 11.4. The lowest BCUT2D eigenvalue weighted by Crippen LogP contribution is -2.42. The Hall–Kier alpha value is -3.80. The summed E-state index contributed by atoms with van der Waals surface area (Å²) < 4.78 is 35.1. The topological polar surface area (TPSA) is 105 Å².